The van der Waals surface area contributed by atoms with Crippen LogP contribution in [0.15, 0.2) is 23.3 Å². The van der Waals surface area contributed by atoms with Gasteiger partial charge in [0.1, 0.15) is 6.29 Å². The minimum absolute atomic E-state index is 0.536. The van der Waals surface area contributed by atoms with Crippen LogP contribution < -0.4 is 0 Å². The summed E-state index contributed by atoms with van der Waals surface area (Å²) in [4.78, 5) is 10.8. The van der Waals surface area contributed by atoms with E-state index in [0.29, 0.717) is 17.8 Å². The summed E-state index contributed by atoms with van der Waals surface area (Å²) in [5.41, 5.74) is 2.44. The molecule has 1 nitrogen and oxygen atoms in total. The maximum absolute atomic E-state index is 10.8. The number of rotatable bonds is 3. The van der Waals surface area contributed by atoms with Crippen molar-refractivity contribution >= 4 is 6.29 Å². The summed E-state index contributed by atoms with van der Waals surface area (Å²) in [6, 6.07) is 0. The van der Waals surface area contributed by atoms with Gasteiger partial charge in [0.15, 0.2) is 0 Å². The average Bonchev–Trinajstić information content (AvgIpc) is 2.17. The fourth-order valence-corrected chi connectivity index (χ4v) is 2.59. The topological polar surface area (TPSA) is 17.1 Å². The monoisotopic (exact) mass is 206 g/mol. The summed E-state index contributed by atoms with van der Waals surface area (Å²) in [5.74, 6) is 1.76. The predicted molar refractivity (Wildman–Crippen MR) is 64.6 cm³/mol. The lowest BCUT2D eigenvalue weighted by Crippen LogP contribution is -2.21. The van der Waals surface area contributed by atoms with E-state index in [4.69, 9.17) is 0 Å². The number of hydrogen-bond acceptors (Lipinski definition) is 1. The van der Waals surface area contributed by atoms with E-state index in [-0.39, 0.29) is 0 Å². The van der Waals surface area contributed by atoms with Crippen molar-refractivity contribution in [3.63, 3.8) is 0 Å². The summed E-state index contributed by atoms with van der Waals surface area (Å²) in [6.45, 7) is 8.78. The second-order valence-corrected chi connectivity index (χ2v) is 4.84. The first-order chi connectivity index (χ1) is 7.08. The Hall–Kier alpha value is -0.850. The highest BCUT2D eigenvalue weighted by atomic mass is 16.1. The van der Waals surface area contributed by atoms with Crippen molar-refractivity contribution in [2.45, 2.75) is 40.5 Å². The molecule has 84 valence electrons. The van der Waals surface area contributed by atoms with E-state index in [1.54, 1.807) is 0 Å². The van der Waals surface area contributed by atoms with Crippen molar-refractivity contribution in [1.82, 2.24) is 0 Å². The lowest BCUT2D eigenvalue weighted by molar-refractivity contribution is -0.105. The first kappa shape index (κ1) is 12.2. The fourth-order valence-electron chi connectivity index (χ4n) is 2.59. The van der Waals surface area contributed by atoms with E-state index in [1.165, 1.54) is 12.0 Å². The molecule has 0 saturated carbocycles. The zero-order chi connectivity index (χ0) is 11.4. The summed E-state index contributed by atoms with van der Waals surface area (Å²) < 4.78 is 0. The van der Waals surface area contributed by atoms with Gasteiger partial charge in [-0.05, 0) is 43.1 Å². The molecule has 15 heavy (non-hydrogen) atoms. The number of carbonyl (C=O) groups excluding carboxylic acids is 1. The first-order valence-electron chi connectivity index (χ1n) is 5.91. The van der Waals surface area contributed by atoms with Crippen LogP contribution in [0.2, 0.25) is 0 Å². The molecule has 0 saturated heterocycles. The molecule has 0 amide bonds. The van der Waals surface area contributed by atoms with Crippen molar-refractivity contribution in [3.8, 4) is 0 Å². The Labute approximate surface area is 93.3 Å². The SMILES string of the molecule is CCC(C=O)=CC1C(C)C=C(C)CC1C. The molecule has 3 unspecified atom stereocenters. The molecule has 1 heteroatoms. The molecule has 1 aliphatic rings. The molecule has 0 radical (unpaired) electrons. The lowest BCUT2D eigenvalue weighted by Gasteiger charge is -2.31. The average molecular weight is 206 g/mol. The van der Waals surface area contributed by atoms with Crippen LogP contribution in [0, 0.1) is 17.8 Å². The van der Waals surface area contributed by atoms with Crippen LogP contribution in [-0.4, -0.2) is 6.29 Å². The maximum atomic E-state index is 10.8. The number of carbonyl (C=O) groups is 1. The van der Waals surface area contributed by atoms with E-state index in [0.717, 1.165) is 18.3 Å². The van der Waals surface area contributed by atoms with Gasteiger partial charge in [0.25, 0.3) is 0 Å². The molecule has 3 atom stereocenters. The Morgan fingerprint density at radius 2 is 2.20 bits per heavy atom. The Morgan fingerprint density at radius 1 is 1.53 bits per heavy atom. The standard InChI is InChI=1S/C14H22O/c1-5-13(9-15)8-14-11(3)6-10(2)7-12(14)4/h6,8-9,11-12,14H,5,7H2,1-4H3. The minimum Gasteiger partial charge on any atom is -0.298 e. The van der Waals surface area contributed by atoms with E-state index in [2.05, 4.69) is 32.9 Å². The largest absolute Gasteiger partial charge is 0.298 e. The fraction of sp³-hybridized carbons (Fsp3) is 0.643. The molecule has 0 aromatic rings. The Morgan fingerprint density at radius 3 is 2.67 bits per heavy atom. The molecule has 0 aliphatic heterocycles. The highest BCUT2D eigenvalue weighted by molar-refractivity contribution is 5.73. The van der Waals surface area contributed by atoms with Crippen molar-refractivity contribution in [2.75, 3.05) is 0 Å². The van der Waals surface area contributed by atoms with Crippen LogP contribution in [0.25, 0.3) is 0 Å². The van der Waals surface area contributed by atoms with Gasteiger partial charge in [-0.15, -0.1) is 0 Å². The predicted octanol–water partition coefficient (Wildman–Crippen LogP) is 3.76. The summed E-state index contributed by atoms with van der Waals surface area (Å²) in [7, 11) is 0. The van der Waals surface area contributed by atoms with Gasteiger partial charge in [0.05, 0.1) is 0 Å². The molecule has 1 rings (SSSR count). The molecule has 0 spiro atoms. The Balaban J connectivity index is 2.86. The highest BCUT2D eigenvalue weighted by Crippen LogP contribution is 2.34. The molecule has 0 heterocycles. The van der Waals surface area contributed by atoms with Crippen molar-refractivity contribution in [3.05, 3.63) is 23.3 Å². The highest BCUT2D eigenvalue weighted by Gasteiger charge is 2.24. The van der Waals surface area contributed by atoms with Crippen molar-refractivity contribution in [1.29, 1.82) is 0 Å². The maximum Gasteiger partial charge on any atom is 0.145 e. The van der Waals surface area contributed by atoms with Crippen LogP contribution in [0.1, 0.15) is 40.5 Å². The molecule has 0 bridgehead atoms. The zero-order valence-electron chi connectivity index (χ0n) is 10.3. The van der Waals surface area contributed by atoms with Gasteiger partial charge in [0.2, 0.25) is 0 Å². The smallest absolute Gasteiger partial charge is 0.145 e. The molecule has 0 aromatic carbocycles. The lowest BCUT2D eigenvalue weighted by atomic mass is 9.74. The molecular weight excluding hydrogens is 184 g/mol. The molecule has 1 aliphatic carbocycles. The van der Waals surface area contributed by atoms with Gasteiger partial charge in [0, 0.05) is 0 Å². The van der Waals surface area contributed by atoms with Crippen LogP contribution in [0.3, 0.4) is 0 Å². The van der Waals surface area contributed by atoms with Crippen LogP contribution in [-0.2, 0) is 4.79 Å². The Kier molecular flexibility index (Phi) is 4.31. The zero-order valence-corrected chi connectivity index (χ0v) is 10.3. The molecule has 0 fully saturated rings. The van der Waals surface area contributed by atoms with Gasteiger partial charge in [-0.25, -0.2) is 0 Å². The van der Waals surface area contributed by atoms with Gasteiger partial charge in [-0.1, -0.05) is 38.5 Å². The van der Waals surface area contributed by atoms with Crippen LogP contribution in [0.4, 0.5) is 0 Å². The molecule has 0 aromatic heterocycles. The first-order valence-corrected chi connectivity index (χ1v) is 5.91. The van der Waals surface area contributed by atoms with E-state index in [9.17, 15) is 4.79 Å². The van der Waals surface area contributed by atoms with Crippen LogP contribution >= 0.6 is 0 Å². The normalized spacial score (nSPS) is 32.4. The summed E-state index contributed by atoms with van der Waals surface area (Å²) in [6.07, 6.45) is 7.55. The number of aldehydes is 1. The number of allylic oxidation sites excluding steroid dienone is 4. The second kappa shape index (κ2) is 5.29. The van der Waals surface area contributed by atoms with Gasteiger partial charge in [-0.3, -0.25) is 4.79 Å². The summed E-state index contributed by atoms with van der Waals surface area (Å²) in [5, 5.41) is 0. The third kappa shape index (κ3) is 3.05. The molecular formula is C14H22O. The van der Waals surface area contributed by atoms with Gasteiger partial charge >= 0.3 is 0 Å². The molecule has 0 N–H and O–H groups in total. The van der Waals surface area contributed by atoms with E-state index >= 15 is 0 Å². The quantitative estimate of drug-likeness (QED) is 0.390. The Bertz CT molecular complexity index is 286. The van der Waals surface area contributed by atoms with Crippen molar-refractivity contribution < 1.29 is 4.79 Å². The van der Waals surface area contributed by atoms with Gasteiger partial charge in [-0.2, -0.15) is 0 Å². The van der Waals surface area contributed by atoms with Crippen molar-refractivity contribution in [2.24, 2.45) is 17.8 Å². The third-order valence-corrected chi connectivity index (χ3v) is 3.42. The van der Waals surface area contributed by atoms with Gasteiger partial charge < -0.3 is 0 Å². The summed E-state index contributed by atoms with van der Waals surface area (Å²) >= 11 is 0. The van der Waals surface area contributed by atoms with E-state index < -0.39 is 0 Å². The third-order valence-electron chi connectivity index (χ3n) is 3.42. The number of hydrogen-bond donors (Lipinski definition) is 0. The minimum atomic E-state index is 0.536. The van der Waals surface area contributed by atoms with E-state index in [1.807, 2.05) is 6.92 Å². The second-order valence-electron chi connectivity index (χ2n) is 4.84. The van der Waals surface area contributed by atoms with Crippen LogP contribution in [0.5, 0.6) is 0 Å².